The van der Waals surface area contributed by atoms with Gasteiger partial charge in [0.05, 0.1) is 24.2 Å². The zero-order valence-corrected chi connectivity index (χ0v) is 18.8. The molecule has 1 aliphatic heterocycles. The van der Waals surface area contributed by atoms with Gasteiger partial charge in [0.25, 0.3) is 0 Å². The number of ether oxygens (including phenoxy) is 1. The summed E-state index contributed by atoms with van der Waals surface area (Å²) < 4.78 is 5.57. The first-order valence-corrected chi connectivity index (χ1v) is 10.2. The molecule has 0 aromatic heterocycles. The van der Waals surface area contributed by atoms with Crippen LogP contribution in [0.2, 0.25) is 0 Å². The molecule has 154 valence electrons. The predicted molar refractivity (Wildman–Crippen MR) is 129 cm³/mol. The van der Waals surface area contributed by atoms with Crippen molar-refractivity contribution in [2.24, 2.45) is 5.10 Å². The summed E-state index contributed by atoms with van der Waals surface area (Å²) in [6, 6.07) is 12.6. The normalized spacial score (nSPS) is 15.4. The number of nitrogens with zero attached hydrogens (tertiary/aromatic N) is 2. The molecule has 0 atom stereocenters. The van der Waals surface area contributed by atoms with Crippen LogP contribution >= 0.6 is 0 Å². The first-order chi connectivity index (χ1) is 14.4. The summed E-state index contributed by atoms with van der Waals surface area (Å²) in [6.07, 6.45) is 8.27. The lowest BCUT2D eigenvalue weighted by molar-refractivity contribution is 0.413. The van der Waals surface area contributed by atoms with Gasteiger partial charge in [-0.3, -0.25) is 0 Å². The number of allylic oxidation sites excluding steroid dienone is 5. The number of hydrogen-bond acceptors (Lipinski definition) is 3. The molecule has 2 aromatic rings. The average molecular weight is 399 g/mol. The van der Waals surface area contributed by atoms with Crippen LogP contribution in [0.1, 0.15) is 41.7 Å². The fourth-order valence-electron chi connectivity index (χ4n) is 3.51. The van der Waals surface area contributed by atoms with E-state index in [0.717, 1.165) is 45.1 Å². The van der Waals surface area contributed by atoms with E-state index in [0.29, 0.717) is 0 Å². The topological polar surface area (TPSA) is 24.8 Å². The van der Waals surface area contributed by atoms with E-state index in [1.165, 1.54) is 11.1 Å². The van der Waals surface area contributed by atoms with Gasteiger partial charge in [-0.05, 0) is 76.1 Å². The summed E-state index contributed by atoms with van der Waals surface area (Å²) in [5.74, 6) is 0.797. The highest BCUT2D eigenvalue weighted by molar-refractivity contribution is 6.29. The summed E-state index contributed by atoms with van der Waals surface area (Å²) >= 11 is 0. The number of benzene rings is 2. The Labute approximate surface area is 180 Å². The molecular formula is C27H30N2O. The highest BCUT2D eigenvalue weighted by atomic mass is 16.5. The third-order valence-corrected chi connectivity index (χ3v) is 5.45. The second-order valence-electron chi connectivity index (χ2n) is 7.50. The number of methoxy groups -OCH3 is 1. The second-order valence-corrected chi connectivity index (χ2v) is 7.50. The molecule has 0 saturated carbocycles. The molecule has 1 aliphatic rings. The van der Waals surface area contributed by atoms with E-state index in [1.54, 1.807) is 7.11 Å². The number of hydrogen-bond donors (Lipinski definition) is 0. The minimum Gasteiger partial charge on any atom is -0.496 e. The van der Waals surface area contributed by atoms with Crippen LogP contribution in [0.5, 0.6) is 5.75 Å². The molecule has 0 bridgehead atoms. The van der Waals surface area contributed by atoms with Crippen LogP contribution in [-0.2, 0) is 0 Å². The molecule has 0 N–H and O–H groups in total. The van der Waals surface area contributed by atoms with Crippen molar-refractivity contribution < 1.29 is 4.74 Å². The smallest absolute Gasteiger partial charge is 0.126 e. The first-order valence-electron chi connectivity index (χ1n) is 10.2. The molecule has 3 nitrogen and oxygen atoms in total. The summed E-state index contributed by atoms with van der Waals surface area (Å²) in [4.78, 5) is 0. The molecule has 2 aromatic carbocycles. The maximum atomic E-state index is 5.57. The zero-order valence-electron chi connectivity index (χ0n) is 18.8. The van der Waals surface area contributed by atoms with Crippen molar-refractivity contribution in [3.05, 3.63) is 101 Å². The molecular weight excluding hydrogens is 368 g/mol. The van der Waals surface area contributed by atoms with Gasteiger partial charge in [-0.15, -0.1) is 0 Å². The Morgan fingerprint density at radius 3 is 2.40 bits per heavy atom. The maximum absolute atomic E-state index is 5.57. The van der Waals surface area contributed by atoms with Crippen molar-refractivity contribution in [2.75, 3.05) is 7.11 Å². The van der Waals surface area contributed by atoms with Gasteiger partial charge in [-0.25, -0.2) is 5.01 Å². The second kappa shape index (κ2) is 9.00. The molecule has 0 radical (unpaired) electrons. The Kier molecular flexibility index (Phi) is 6.41. The van der Waals surface area contributed by atoms with Crippen LogP contribution < -0.4 is 4.74 Å². The standard InChI is InChI=1S/C27H30N2O/c1-8-23-13-14-25(21(6)24-16-18(3)10-15-27(24)30-7)28-29(23)26(9-2)22-12-11-19(4)20(5)17-22/h8-17H,6H2,1-5,7H3/b23-8-,26-9-. The van der Waals surface area contributed by atoms with Gasteiger partial charge < -0.3 is 4.74 Å². The van der Waals surface area contributed by atoms with E-state index >= 15 is 0 Å². The van der Waals surface area contributed by atoms with Crippen molar-refractivity contribution in [2.45, 2.75) is 34.6 Å². The van der Waals surface area contributed by atoms with E-state index in [9.17, 15) is 0 Å². The lowest BCUT2D eigenvalue weighted by atomic mass is 9.98. The number of aryl methyl sites for hydroxylation is 3. The third kappa shape index (κ3) is 4.16. The van der Waals surface area contributed by atoms with Gasteiger partial charge in [0.1, 0.15) is 5.75 Å². The van der Waals surface area contributed by atoms with Gasteiger partial charge in [-0.1, -0.05) is 42.5 Å². The summed E-state index contributed by atoms with van der Waals surface area (Å²) in [6.45, 7) is 14.7. The molecule has 0 aliphatic carbocycles. The average Bonchev–Trinajstić information content (AvgIpc) is 2.76. The van der Waals surface area contributed by atoms with Crippen LogP contribution in [0.3, 0.4) is 0 Å². The Morgan fingerprint density at radius 1 is 1.00 bits per heavy atom. The van der Waals surface area contributed by atoms with Gasteiger partial charge in [0.2, 0.25) is 0 Å². The fourth-order valence-corrected chi connectivity index (χ4v) is 3.51. The van der Waals surface area contributed by atoms with Gasteiger partial charge >= 0.3 is 0 Å². The van der Waals surface area contributed by atoms with Crippen molar-refractivity contribution in [3.63, 3.8) is 0 Å². The van der Waals surface area contributed by atoms with Crippen LogP contribution in [0.15, 0.2) is 78.1 Å². The third-order valence-electron chi connectivity index (χ3n) is 5.45. The highest BCUT2D eigenvalue weighted by Gasteiger charge is 2.20. The maximum Gasteiger partial charge on any atom is 0.126 e. The largest absolute Gasteiger partial charge is 0.496 e. The molecule has 3 rings (SSSR count). The quantitative estimate of drug-likeness (QED) is 0.551. The zero-order chi connectivity index (χ0) is 21.8. The minimum atomic E-state index is 0.797. The molecule has 0 unspecified atom stereocenters. The summed E-state index contributed by atoms with van der Waals surface area (Å²) in [5.41, 5.74) is 9.50. The van der Waals surface area contributed by atoms with Crippen LogP contribution in [-0.4, -0.2) is 17.8 Å². The Balaban J connectivity index is 2.06. The van der Waals surface area contributed by atoms with Crippen molar-refractivity contribution in [1.82, 2.24) is 5.01 Å². The lowest BCUT2D eigenvalue weighted by Gasteiger charge is -2.28. The van der Waals surface area contributed by atoms with E-state index in [2.05, 4.69) is 69.8 Å². The van der Waals surface area contributed by atoms with E-state index in [1.807, 2.05) is 37.1 Å². The molecule has 0 saturated heterocycles. The molecule has 0 amide bonds. The SMILES string of the molecule is C=C(C1=NN(/C(=C\C)c2ccc(C)c(C)c2)/C(=C\C)C=C1)c1cc(C)ccc1OC. The number of hydrazone groups is 1. The fraction of sp³-hybridized carbons (Fsp3) is 0.222. The monoisotopic (exact) mass is 398 g/mol. The van der Waals surface area contributed by atoms with Crippen LogP contribution in [0.25, 0.3) is 11.3 Å². The lowest BCUT2D eigenvalue weighted by Crippen LogP contribution is -2.20. The molecule has 0 fully saturated rings. The van der Waals surface area contributed by atoms with Crippen LogP contribution in [0, 0.1) is 20.8 Å². The van der Waals surface area contributed by atoms with Crippen molar-refractivity contribution >= 4 is 17.0 Å². The van der Waals surface area contributed by atoms with Crippen molar-refractivity contribution in [1.29, 1.82) is 0 Å². The van der Waals surface area contributed by atoms with Gasteiger partial charge in [0, 0.05) is 16.7 Å². The van der Waals surface area contributed by atoms with Crippen LogP contribution in [0.4, 0.5) is 0 Å². The Bertz CT molecular complexity index is 1100. The predicted octanol–water partition coefficient (Wildman–Crippen LogP) is 6.83. The molecule has 3 heteroatoms. The minimum absolute atomic E-state index is 0.797. The molecule has 30 heavy (non-hydrogen) atoms. The Hall–Kier alpha value is -3.33. The van der Waals surface area contributed by atoms with Gasteiger partial charge in [0.15, 0.2) is 0 Å². The van der Waals surface area contributed by atoms with E-state index < -0.39 is 0 Å². The molecule has 0 spiro atoms. The highest BCUT2D eigenvalue weighted by Crippen LogP contribution is 2.32. The van der Waals surface area contributed by atoms with E-state index in [4.69, 9.17) is 9.84 Å². The van der Waals surface area contributed by atoms with Gasteiger partial charge in [-0.2, -0.15) is 5.10 Å². The molecule has 1 heterocycles. The summed E-state index contributed by atoms with van der Waals surface area (Å²) in [5, 5.41) is 6.98. The van der Waals surface area contributed by atoms with E-state index in [-0.39, 0.29) is 0 Å². The first kappa shape index (κ1) is 21.4. The Morgan fingerprint density at radius 2 is 1.77 bits per heavy atom. The number of rotatable bonds is 5. The van der Waals surface area contributed by atoms with Crippen molar-refractivity contribution in [3.8, 4) is 5.75 Å². The summed E-state index contributed by atoms with van der Waals surface area (Å²) in [7, 11) is 1.68.